The van der Waals surface area contributed by atoms with Crippen molar-refractivity contribution in [3.63, 3.8) is 0 Å². The number of fused-ring (bicyclic) bond motifs is 1. The molecule has 0 unspecified atom stereocenters. The van der Waals surface area contributed by atoms with Crippen LogP contribution in [-0.2, 0) is 6.54 Å². The molecule has 0 fully saturated rings. The molecule has 7 nitrogen and oxygen atoms in total. The van der Waals surface area contributed by atoms with Crippen molar-refractivity contribution < 1.29 is 4.79 Å². The Bertz CT molecular complexity index is 972. The van der Waals surface area contributed by atoms with Crippen LogP contribution in [0.25, 0.3) is 10.9 Å². The van der Waals surface area contributed by atoms with Crippen molar-refractivity contribution in [2.75, 3.05) is 5.32 Å². The second-order valence-electron chi connectivity index (χ2n) is 5.42. The van der Waals surface area contributed by atoms with E-state index in [0.717, 1.165) is 22.2 Å². The topological polar surface area (TPSA) is 88.5 Å². The highest BCUT2D eigenvalue weighted by atomic mass is 16.1. The third kappa shape index (κ3) is 2.87. The molecule has 0 radical (unpaired) electrons. The summed E-state index contributed by atoms with van der Waals surface area (Å²) in [6, 6.07) is 13.0. The van der Waals surface area contributed by atoms with Gasteiger partial charge in [0.2, 0.25) is 0 Å². The van der Waals surface area contributed by atoms with Crippen LogP contribution in [0.5, 0.6) is 0 Å². The van der Waals surface area contributed by atoms with Gasteiger partial charge in [0.15, 0.2) is 0 Å². The summed E-state index contributed by atoms with van der Waals surface area (Å²) in [5.41, 5.74) is 3.33. The summed E-state index contributed by atoms with van der Waals surface area (Å²) in [6.45, 7) is 0.624. The molecule has 7 heteroatoms. The summed E-state index contributed by atoms with van der Waals surface area (Å²) in [5, 5.41) is 14.8. The van der Waals surface area contributed by atoms with E-state index in [2.05, 4.69) is 25.6 Å². The Labute approximate surface area is 137 Å². The van der Waals surface area contributed by atoms with Gasteiger partial charge in [-0.2, -0.15) is 10.2 Å². The van der Waals surface area contributed by atoms with Crippen LogP contribution in [0.15, 0.2) is 61.3 Å². The molecular formula is C17H14N6O. The number of aromatic amines is 1. The van der Waals surface area contributed by atoms with Crippen LogP contribution < -0.4 is 5.32 Å². The zero-order valence-electron chi connectivity index (χ0n) is 12.7. The number of H-pyrrole nitrogens is 1. The van der Waals surface area contributed by atoms with Gasteiger partial charge in [-0.15, -0.1) is 0 Å². The van der Waals surface area contributed by atoms with Gasteiger partial charge < -0.3 is 5.32 Å². The number of hydrogen-bond acceptors (Lipinski definition) is 4. The van der Waals surface area contributed by atoms with Crippen LogP contribution in [0.4, 0.5) is 5.69 Å². The van der Waals surface area contributed by atoms with Crippen LogP contribution in [0, 0.1) is 0 Å². The lowest BCUT2D eigenvalue weighted by molar-refractivity contribution is 0.102. The average molecular weight is 318 g/mol. The number of nitrogens with one attached hydrogen (secondary N) is 2. The Kier molecular flexibility index (Phi) is 3.51. The predicted octanol–water partition coefficient (Wildman–Crippen LogP) is 2.46. The Morgan fingerprint density at radius 3 is 2.83 bits per heavy atom. The van der Waals surface area contributed by atoms with E-state index in [9.17, 15) is 4.79 Å². The molecule has 0 atom stereocenters. The standard InChI is InChI=1S/C17H14N6O/c24-17(21-15-5-6-16-14(7-15)8-19-22-16)13-3-1-12(2-4-13)9-23-11-18-10-20-23/h1-8,10-11H,9H2,(H,19,22)(H,21,24). The lowest BCUT2D eigenvalue weighted by Crippen LogP contribution is -2.12. The monoisotopic (exact) mass is 318 g/mol. The van der Waals surface area contributed by atoms with E-state index < -0.39 is 0 Å². The summed E-state index contributed by atoms with van der Waals surface area (Å²) in [7, 11) is 0. The van der Waals surface area contributed by atoms with Gasteiger partial charge in [0.1, 0.15) is 12.7 Å². The summed E-state index contributed by atoms with van der Waals surface area (Å²) >= 11 is 0. The van der Waals surface area contributed by atoms with Crippen LogP contribution in [0.1, 0.15) is 15.9 Å². The molecule has 2 aromatic heterocycles. The third-order valence-corrected chi connectivity index (χ3v) is 3.73. The number of nitrogens with zero attached hydrogens (tertiary/aromatic N) is 4. The summed E-state index contributed by atoms with van der Waals surface area (Å²) in [4.78, 5) is 16.3. The van der Waals surface area contributed by atoms with Crippen LogP contribution in [-0.4, -0.2) is 30.9 Å². The van der Waals surface area contributed by atoms with Crippen molar-refractivity contribution in [1.29, 1.82) is 0 Å². The van der Waals surface area contributed by atoms with Crippen LogP contribution in [0.3, 0.4) is 0 Å². The quantitative estimate of drug-likeness (QED) is 0.605. The number of aromatic nitrogens is 5. The lowest BCUT2D eigenvalue weighted by atomic mass is 10.1. The molecule has 4 aromatic rings. The van der Waals surface area contributed by atoms with E-state index in [0.29, 0.717) is 12.1 Å². The van der Waals surface area contributed by atoms with Gasteiger partial charge in [-0.05, 0) is 35.9 Å². The fourth-order valence-electron chi connectivity index (χ4n) is 2.49. The summed E-state index contributed by atoms with van der Waals surface area (Å²) < 4.78 is 1.73. The van der Waals surface area contributed by atoms with Crippen molar-refractivity contribution in [2.24, 2.45) is 0 Å². The first kappa shape index (κ1) is 14.1. The minimum Gasteiger partial charge on any atom is -0.322 e. The molecular weight excluding hydrogens is 304 g/mol. The number of hydrogen-bond donors (Lipinski definition) is 2. The molecule has 0 saturated carbocycles. The normalized spacial score (nSPS) is 10.8. The molecule has 0 saturated heterocycles. The highest BCUT2D eigenvalue weighted by molar-refractivity contribution is 6.05. The van der Waals surface area contributed by atoms with E-state index in [4.69, 9.17) is 0 Å². The fraction of sp³-hybridized carbons (Fsp3) is 0.0588. The molecule has 118 valence electrons. The second-order valence-corrected chi connectivity index (χ2v) is 5.42. The van der Waals surface area contributed by atoms with Gasteiger partial charge in [0.05, 0.1) is 18.3 Å². The number of amides is 1. The van der Waals surface area contributed by atoms with Crippen molar-refractivity contribution in [3.8, 4) is 0 Å². The maximum Gasteiger partial charge on any atom is 0.255 e. The summed E-state index contributed by atoms with van der Waals surface area (Å²) in [6.07, 6.45) is 4.88. The minimum absolute atomic E-state index is 0.148. The molecule has 0 aliphatic rings. The van der Waals surface area contributed by atoms with E-state index in [1.54, 1.807) is 29.3 Å². The van der Waals surface area contributed by atoms with Gasteiger partial charge in [-0.25, -0.2) is 9.67 Å². The molecule has 0 bridgehead atoms. The molecule has 1 amide bonds. The molecule has 24 heavy (non-hydrogen) atoms. The molecule has 0 aliphatic heterocycles. The van der Waals surface area contributed by atoms with Crippen molar-refractivity contribution in [1.82, 2.24) is 25.0 Å². The van der Waals surface area contributed by atoms with Gasteiger partial charge in [-0.3, -0.25) is 9.89 Å². The van der Waals surface area contributed by atoms with Crippen LogP contribution in [0.2, 0.25) is 0 Å². The highest BCUT2D eigenvalue weighted by Gasteiger charge is 2.07. The number of anilines is 1. The average Bonchev–Trinajstić information content (AvgIpc) is 3.26. The molecule has 2 N–H and O–H groups in total. The second kappa shape index (κ2) is 5.96. The first-order chi connectivity index (χ1) is 11.8. The minimum atomic E-state index is -0.148. The zero-order valence-corrected chi connectivity index (χ0v) is 12.7. The Hall–Kier alpha value is -3.48. The zero-order chi connectivity index (χ0) is 16.4. The number of carbonyl (C=O) groups is 1. The smallest absolute Gasteiger partial charge is 0.255 e. The van der Waals surface area contributed by atoms with Crippen LogP contribution >= 0.6 is 0 Å². The molecule has 4 rings (SSSR count). The van der Waals surface area contributed by atoms with E-state index in [1.807, 2.05) is 30.3 Å². The first-order valence-electron chi connectivity index (χ1n) is 7.44. The SMILES string of the molecule is O=C(Nc1ccc2[nH]ncc2c1)c1ccc(Cn2cncn2)cc1. The summed E-state index contributed by atoms with van der Waals surface area (Å²) in [5.74, 6) is -0.148. The molecule has 2 aromatic carbocycles. The maximum atomic E-state index is 12.4. The molecule has 0 aliphatic carbocycles. The van der Waals surface area contributed by atoms with Gasteiger partial charge in [0, 0.05) is 16.6 Å². The maximum absolute atomic E-state index is 12.4. The number of carbonyl (C=O) groups excluding carboxylic acids is 1. The Morgan fingerprint density at radius 1 is 1.17 bits per heavy atom. The van der Waals surface area contributed by atoms with Gasteiger partial charge >= 0.3 is 0 Å². The first-order valence-corrected chi connectivity index (χ1v) is 7.44. The van der Waals surface area contributed by atoms with E-state index >= 15 is 0 Å². The number of benzene rings is 2. The van der Waals surface area contributed by atoms with Crippen molar-refractivity contribution >= 4 is 22.5 Å². The van der Waals surface area contributed by atoms with Crippen molar-refractivity contribution in [2.45, 2.75) is 6.54 Å². The molecule has 0 spiro atoms. The largest absolute Gasteiger partial charge is 0.322 e. The molecule has 2 heterocycles. The number of rotatable bonds is 4. The lowest BCUT2D eigenvalue weighted by Gasteiger charge is -2.07. The van der Waals surface area contributed by atoms with Gasteiger partial charge in [0.25, 0.3) is 5.91 Å². The Balaban J connectivity index is 1.47. The van der Waals surface area contributed by atoms with Gasteiger partial charge in [-0.1, -0.05) is 12.1 Å². The fourth-order valence-corrected chi connectivity index (χ4v) is 2.49. The van der Waals surface area contributed by atoms with Crippen molar-refractivity contribution in [3.05, 3.63) is 72.4 Å². The predicted molar refractivity (Wildman–Crippen MR) is 89.6 cm³/mol. The third-order valence-electron chi connectivity index (χ3n) is 3.73. The highest BCUT2D eigenvalue weighted by Crippen LogP contribution is 2.17. The van der Waals surface area contributed by atoms with E-state index in [-0.39, 0.29) is 5.91 Å². The Morgan fingerprint density at radius 2 is 2.04 bits per heavy atom. The van der Waals surface area contributed by atoms with E-state index in [1.165, 1.54) is 6.33 Å².